The molecule has 3 aromatic rings. The number of hydrogen-bond acceptors (Lipinski definition) is 2. The van der Waals surface area contributed by atoms with Crippen molar-refractivity contribution in [2.45, 2.75) is 26.3 Å². The van der Waals surface area contributed by atoms with Gasteiger partial charge < -0.3 is 14.8 Å². The third kappa shape index (κ3) is 4.34. The van der Waals surface area contributed by atoms with Crippen LogP contribution in [-0.2, 0) is 16.1 Å². The number of amides is 2. The van der Waals surface area contributed by atoms with Gasteiger partial charge in [-0.25, -0.2) is 0 Å². The molecular formula is C24H27N3O2. The first-order valence-electron chi connectivity index (χ1n) is 10.3. The first kappa shape index (κ1) is 19.2. The zero-order chi connectivity index (χ0) is 20.2. The van der Waals surface area contributed by atoms with E-state index < -0.39 is 0 Å². The molecule has 0 spiro atoms. The zero-order valence-electron chi connectivity index (χ0n) is 16.8. The van der Waals surface area contributed by atoms with Crippen molar-refractivity contribution in [2.75, 3.05) is 19.6 Å². The topological polar surface area (TPSA) is 54.3 Å². The van der Waals surface area contributed by atoms with Gasteiger partial charge >= 0.3 is 0 Å². The summed E-state index contributed by atoms with van der Waals surface area (Å²) in [5.74, 6) is 0.619. The molecule has 0 aliphatic carbocycles. The van der Waals surface area contributed by atoms with E-state index in [1.807, 2.05) is 35.2 Å². The Bertz CT molecular complexity index is 1000. The molecule has 1 aromatic heterocycles. The molecule has 2 aromatic carbocycles. The molecule has 0 bridgehead atoms. The average Bonchev–Trinajstić information content (AvgIpc) is 3.11. The fourth-order valence-electron chi connectivity index (χ4n) is 4.14. The van der Waals surface area contributed by atoms with E-state index in [-0.39, 0.29) is 11.8 Å². The lowest BCUT2D eigenvalue weighted by Gasteiger charge is -2.32. The molecule has 0 unspecified atom stereocenters. The minimum atomic E-state index is 0.0106. The second-order valence-corrected chi connectivity index (χ2v) is 7.80. The number of piperidine rings is 1. The van der Waals surface area contributed by atoms with Crippen LogP contribution in [0.5, 0.6) is 0 Å². The van der Waals surface area contributed by atoms with Gasteiger partial charge in [-0.3, -0.25) is 9.59 Å². The maximum absolute atomic E-state index is 13.1. The van der Waals surface area contributed by atoms with Crippen molar-refractivity contribution in [3.05, 3.63) is 60.7 Å². The van der Waals surface area contributed by atoms with E-state index in [9.17, 15) is 9.59 Å². The number of para-hydroxylation sites is 1. The van der Waals surface area contributed by atoms with Gasteiger partial charge in [0.25, 0.3) is 0 Å². The summed E-state index contributed by atoms with van der Waals surface area (Å²) in [6, 6.07) is 20.6. The lowest BCUT2D eigenvalue weighted by Crippen LogP contribution is -2.42. The summed E-state index contributed by atoms with van der Waals surface area (Å²) in [4.78, 5) is 26.2. The monoisotopic (exact) mass is 389 g/mol. The molecule has 2 heterocycles. The molecule has 29 heavy (non-hydrogen) atoms. The number of fused-ring (bicyclic) bond motifs is 1. The van der Waals surface area contributed by atoms with Crippen molar-refractivity contribution in [1.82, 2.24) is 14.8 Å². The highest BCUT2D eigenvalue weighted by Gasteiger charge is 2.24. The van der Waals surface area contributed by atoms with Crippen LogP contribution in [0, 0.1) is 5.92 Å². The van der Waals surface area contributed by atoms with Gasteiger partial charge in [0.2, 0.25) is 11.8 Å². The van der Waals surface area contributed by atoms with E-state index in [0.29, 0.717) is 19.0 Å². The highest BCUT2D eigenvalue weighted by atomic mass is 16.2. The smallest absolute Gasteiger partial charge is 0.242 e. The van der Waals surface area contributed by atoms with E-state index in [1.54, 1.807) is 6.92 Å². The minimum absolute atomic E-state index is 0.0106. The summed E-state index contributed by atoms with van der Waals surface area (Å²) in [6.45, 7) is 4.10. The molecule has 0 saturated carbocycles. The van der Waals surface area contributed by atoms with Crippen molar-refractivity contribution < 1.29 is 9.59 Å². The number of aromatic nitrogens is 1. The van der Waals surface area contributed by atoms with E-state index >= 15 is 0 Å². The summed E-state index contributed by atoms with van der Waals surface area (Å²) >= 11 is 0. The van der Waals surface area contributed by atoms with E-state index in [0.717, 1.165) is 48.1 Å². The predicted octanol–water partition coefficient (Wildman–Crippen LogP) is 3.68. The Hall–Kier alpha value is -3.08. The quantitative estimate of drug-likeness (QED) is 0.724. The van der Waals surface area contributed by atoms with Crippen molar-refractivity contribution in [3.8, 4) is 11.3 Å². The normalized spacial score (nSPS) is 14.9. The number of carbonyl (C=O) groups is 2. The van der Waals surface area contributed by atoms with Crippen LogP contribution in [0.2, 0.25) is 0 Å². The molecule has 150 valence electrons. The molecule has 1 aliphatic rings. The van der Waals surface area contributed by atoms with E-state index in [4.69, 9.17) is 0 Å². The summed E-state index contributed by atoms with van der Waals surface area (Å²) < 4.78 is 2.14. The Kier molecular flexibility index (Phi) is 5.65. The summed E-state index contributed by atoms with van der Waals surface area (Å²) in [5, 5.41) is 4.04. The average molecular weight is 389 g/mol. The maximum atomic E-state index is 13.1. The Morgan fingerprint density at radius 1 is 1.00 bits per heavy atom. The van der Waals surface area contributed by atoms with Crippen LogP contribution in [0.25, 0.3) is 22.2 Å². The molecule has 0 atom stereocenters. The largest absolute Gasteiger partial charge is 0.356 e. The second kappa shape index (κ2) is 8.52. The molecule has 1 N–H and O–H groups in total. The number of nitrogens with one attached hydrogen (secondary N) is 1. The van der Waals surface area contributed by atoms with E-state index in [2.05, 4.69) is 40.2 Å². The second-order valence-electron chi connectivity index (χ2n) is 7.80. The summed E-state index contributed by atoms with van der Waals surface area (Å²) in [6.07, 6.45) is 1.87. The van der Waals surface area contributed by atoms with Gasteiger partial charge in [-0.1, -0.05) is 48.5 Å². The highest BCUT2D eigenvalue weighted by Crippen LogP contribution is 2.28. The third-order valence-corrected chi connectivity index (χ3v) is 5.78. The van der Waals surface area contributed by atoms with Crippen LogP contribution < -0.4 is 5.32 Å². The molecule has 5 nitrogen and oxygen atoms in total. The van der Waals surface area contributed by atoms with E-state index in [1.165, 1.54) is 0 Å². The first-order valence-corrected chi connectivity index (χ1v) is 10.3. The van der Waals surface area contributed by atoms with Gasteiger partial charge in [0, 0.05) is 43.2 Å². The number of nitrogens with zero attached hydrogens (tertiary/aromatic N) is 2. The SMILES string of the molecule is CC(=O)NCC1CCN(C(=O)Cn2c(-c3ccccc3)cc3ccccc32)CC1. The number of benzene rings is 2. The maximum Gasteiger partial charge on any atom is 0.242 e. The summed E-state index contributed by atoms with van der Waals surface area (Å²) in [5.41, 5.74) is 3.27. The summed E-state index contributed by atoms with van der Waals surface area (Å²) in [7, 11) is 0. The molecular weight excluding hydrogens is 362 g/mol. The van der Waals surface area contributed by atoms with Gasteiger partial charge in [-0.15, -0.1) is 0 Å². The molecule has 0 radical (unpaired) electrons. The fraction of sp³-hybridized carbons (Fsp3) is 0.333. The zero-order valence-corrected chi connectivity index (χ0v) is 16.8. The van der Waals surface area contributed by atoms with Gasteiger partial charge in [-0.05, 0) is 36.5 Å². The highest BCUT2D eigenvalue weighted by molar-refractivity contribution is 5.89. The number of rotatable bonds is 5. The Morgan fingerprint density at radius 2 is 1.69 bits per heavy atom. The Morgan fingerprint density at radius 3 is 2.41 bits per heavy atom. The Balaban J connectivity index is 1.51. The third-order valence-electron chi connectivity index (χ3n) is 5.78. The number of hydrogen-bond donors (Lipinski definition) is 1. The molecule has 4 rings (SSSR count). The van der Waals surface area contributed by atoms with Crippen molar-refractivity contribution in [1.29, 1.82) is 0 Å². The number of carbonyl (C=O) groups excluding carboxylic acids is 2. The van der Waals surface area contributed by atoms with Gasteiger partial charge in [0.05, 0.1) is 0 Å². The standard InChI is InChI=1S/C24H27N3O2/c1-18(28)25-16-19-11-13-26(14-12-19)24(29)17-27-22-10-6-5-9-21(22)15-23(27)20-7-3-2-4-8-20/h2-10,15,19H,11-14,16-17H2,1H3,(H,25,28). The van der Waals surface area contributed by atoms with Gasteiger partial charge in [-0.2, -0.15) is 0 Å². The lowest BCUT2D eigenvalue weighted by atomic mass is 9.96. The molecule has 1 fully saturated rings. The van der Waals surface area contributed by atoms with Crippen molar-refractivity contribution in [2.24, 2.45) is 5.92 Å². The Labute approximate surface area is 171 Å². The molecule has 5 heteroatoms. The van der Waals surface area contributed by atoms with Crippen LogP contribution in [0.4, 0.5) is 0 Å². The fourth-order valence-corrected chi connectivity index (χ4v) is 4.14. The van der Waals surface area contributed by atoms with Gasteiger partial charge in [0.1, 0.15) is 6.54 Å². The van der Waals surface area contributed by atoms with Crippen molar-refractivity contribution in [3.63, 3.8) is 0 Å². The van der Waals surface area contributed by atoms with Crippen LogP contribution in [-0.4, -0.2) is 40.9 Å². The molecule has 1 saturated heterocycles. The first-order chi connectivity index (χ1) is 14.1. The predicted molar refractivity (Wildman–Crippen MR) is 115 cm³/mol. The van der Waals surface area contributed by atoms with Crippen LogP contribution in [0.15, 0.2) is 60.7 Å². The molecule has 1 aliphatic heterocycles. The van der Waals surface area contributed by atoms with Crippen LogP contribution in [0.3, 0.4) is 0 Å². The molecule has 2 amide bonds. The van der Waals surface area contributed by atoms with Crippen molar-refractivity contribution >= 4 is 22.7 Å². The minimum Gasteiger partial charge on any atom is -0.356 e. The van der Waals surface area contributed by atoms with Gasteiger partial charge in [0.15, 0.2) is 0 Å². The number of likely N-dealkylation sites (tertiary alicyclic amines) is 1. The van der Waals surface area contributed by atoms with Crippen LogP contribution >= 0.6 is 0 Å². The van der Waals surface area contributed by atoms with Crippen LogP contribution in [0.1, 0.15) is 19.8 Å². The lowest BCUT2D eigenvalue weighted by molar-refractivity contribution is -0.133.